The molecule has 0 aliphatic carbocycles. The summed E-state index contributed by atoms with van der Waals surface area (Å²) < 4.78 is 13.3. The summed E-state index contributed by atoms with van der Waals surface area (Å²) in [5.74, 6) is -0.471. The molecule has 6 heteroatoms. The Morgan fingerprint density at radius 1 is 1.50 bits per heavy atom. The minimum absolute atomic E-state index is 0. The van der Waals surface area contributed by atoms with Gasteiger partial charge in [-0.1, -0.05) is 6.07 Å². The quantitative estimate of drug-likeness (QED) is 0.888. The third-order valence-corrected chi connectivity index (χ3v) is 2.51. The van der Waals surface area contributed by atoms with E-state index in [-0.39, 0.29) is 30.7 Å². The van der Waals surface area contributed by atoms with E-state index in [9.17, 15) is 9.18 Å². The standard InChI is InChI=1S/C10H12BrFN2O.ClH/c11-8-5-7(1-2-9(8)12)3-4-14-10(15)6-13;/h1-2,5H,3-4,6,13H2,(H,14,15);1H. The molecule has 1 aromatic rings. The van der Waals surface area contributed by atoms with Crippen molar-refractivity contribution in [3.63, 3.8) is 0 Å². The number of carbonyl (C=O) groups is 1. The molecular formula is C10H13BrClFN2O. The number of amides is 1. The molecule has 0 atom stereocenters. The maximum absolute atomic E-state index is 12.9. The Labute approximate surface area is 108 Å². The van der Waals surface area contributed by atoms with Crippen LogP contribution in [0.25, 0.3) is 0 Å². The van der Waals surface area contributed by atoms with E-state index in [1.165, 1.54) is 6.07 Å². The second-order valence-corrected chi connectivity index (χ2v) is 3.91. The zero-order valence-corrected chi connectivity index (χ0v) is 10.9. The summed E-state index contributed by atoms with van der Waals surface area (Å²) in [6, 6.07) is 4.78. The molecule has 90 valence electrons. The molecule has 0 radical (unpaired) electrons. The lowest BCUT2D eigenvalue weighted by Crippen LogP contribution is -2.31. The van der Waals surface area contributed by atoms with Crippen molar-refractivity contribution in [3.05, 3.63) is 34.1 Å². The van der Waals surface area contributed by atoms with Crippen LogP contribution in [-0.2, 0) is 11.2 Å². The van der Waals surface area contributed by atoms with Crippen LogP contribution in [0.5, 0.6) is 0 Å². The summed E-state index contributed by atoms with van der Waals surface area (Å²) in [6.07, 6.45) is 0.657. The first-order valence-electron chi connectivity index (χ1n) is 4.54. The van der Waals surface area contributed by atoms with Gasteiger partial charge in [0.1, 0.15) is 5.82 Å². The van der Waals surface area contributed by atoms with E-state index in [4.69, 9.17) is 5.73 Å². The largest absolute Gasteiger partial charge is 0.355 e. The van der Waals surface area contributed by atoms with Gasteiger partial charge in [-0.05, 0) is 40.0 Å². The Hall–Kier alpha value is -0.650. The molecule has 1 amide bonds. The van der Waals surface area contributed by atoms with Gasteiger partial charge in [-0.25, -0.2) is 4.39 Å². The molecule has 0 saturated carbocycles. The first-order chi connectivity index (χ1) is 7.13. The van der Waals surface area contributed by atoms with Crippen LogP contribution in [0.15, 0.2) is 22.7 Å². The summed E-state index contributed by atoms with van der Waals surface area (Å²) >= 11 is 3.10. The number of hydrogen-bond acceptors (Lipinski definition) is 2. The second-order valence-electron chi connectivity index (χ2n) is 3.05. The normalized spacial score (nSPS) is 9.44. The SMILES string of the molecule is Cl.NCC(=O)NCCc1ccc(F)c(Br)c1. The molecule has 3 nitrogen and oxygen atoms in total. The average molecular weight is 312 g/mol. The Balaban J connectivity index is 0.00000225. The summed E-state index contributed by atoms with van der Waals surface area (Å²) in [5, 5.41) is 2.64. The van der Waals surface area contributed by atoms with Crippen molar-refractivity contribution in [1.29, 1.82) is 0 Å². The van der Waals surface area contributed by atoms with Crippen LogP contribution < -0.4 is 11.1 Å². The number of rotatable bonds is 4. The number of carbonyl (C=O) groups excluding carboxylic acids is 1. The van der Waals surface area contributed by atoms with E-state index < -0.39 is 0 Å². The molecule has 0 saturated heterocycles. The Kier molecular flexibility index (Phi) is 7.29. The molecule has 1 rings (SSSR count). The number of nitrogens with two attached hydrogens (primary N) is 1. The minimum Gasteiger partial charge on any atom is -0.355 e. The number of hydrogen-bond donors (Lipinski definition) is 2. The molecule has 3 N–H and O–H groups in total. The Morgan fingerprint density at radius 3 is 2.75 bits per heavy atom. The third kappa shape index (κ3) is 4.92. The number of benzene rings is 1. The predicted octanol–water partition coefficient (Wildman–Crippen LogP) is 1.63. The summed E-state index contributed by atoms with van der Waals surface area (Å²) in [4.78, 5) is 10.8. The summed E-state index contributed by atoms with van der Waals surface area (Å²) in [7, 11) is 0. The van der Waals surface area contributed by atoms with E-state index in [1.54, 1.807) is 12.1 Å². The molecule has 16 heavy (non-hydrogen) atoms. The molecule has 0 fully saturated rings. The molecule has 0 unspecified atom stereocenters. The average Bonchev–Trinajstić information content (AvgIpc) is 2.23. The van der Waals surface area contributed by atoms with Gasteiger partial charge in [0.25, 0.3) is 0 Å². The smallest absolute Gasteiger partial charge is 0.233 e. The highest BCUT2D eigenvalue weighted by molar-refractivity contribution is 9.10. The topological polar surface area (TPSA) is 55.1 Å². The maximum atomic E-state index is 12.9. The fourth-order valence-electron chi connectivity index (χ4n) is 1.11. The van der Waals surface area contributed by atoms with Crippen molar-refractivity contribution < 1.29 is 9.18 Å². The first-order valence-corrected chi connectivity index (χ1v) is 5.33. The van der Waals surface area contributed by atoms with Crippen molar-refractivity contribution >= 4 is 34.2 Å². The predicted molar refractivity (Wildman–Crippen MR) is 67.1 cm³/mol. The monoisotopic (exact) mass is 310 g/mol. The first kappa shape index (κ1) is 15.3. The second kappa shape index (κ2) is 7.60. The molecule has 0 aliphatic heterocycles. The summed E-state index contributed by atoms with van der Waals surface area (Å²) in [6.45, 7) is 0.501. The lowest BCUT2D eigenvalue weighted by atomic mass is 10.1. The van der Waals surface area contributed by atoms with Gasteiger partial charge in [-0.3, -0.25) is 4.79 Å². The Morgan fingerprint density at radius 2 is 2.19 bits per heavy atom. The highest BCUT2D eigenvalue weighted by atomic mass is 79.9. The van der Waals surface area contributed by atoms with Crippen molar-refractivity contribution in [2.75, 3.05) is 13.1 Å². The van der Waals surface area contributed by atoms with Crippen LogP contribution >= 0.6 is 28.3 Å². The van der Waals surface area contributed by atoms with Crippen LogP contribution in [0.1, 0.15) is 5.56 Å². The van der Waals surface area contributed by atoms with Crippen molar-refractivity contribution in [2.24, 2.45) is 5.73 Å². The molecule has 0 heterocycles. The zero-order chi connectivity index (χ0) is 11.3. The summed E-state index contributed by atoms with van der Waals surface area (Å²) in [5.41, 5.74) is 6.09. The van der Waals surface area contributed by atoms with Gasteiger partial charge in [-0.15, -0.1) is 12.4 Å². The highest BCUT2D eigenvalue weighted by Crippen LogP contribution is 2.16. The molecule has 0 aromatic heterocycles. The number of nitrogens with one attached hydrogen (secondary N) is 1. The van der Waals surface area contributed by atoms with Crippen LogP contribution in [-0.4, -0.2) is 19.0 Å². The Bertz CT molecular complexity index is 363. The van der Waals surface area contributed by atoms with Crippen molar-refractivity contribution in [2.45, 2.75) is 6.42 Å². The number of halogens is 3. The fraction of sp³-hybridized carbons (Fsp3) is 0.300. The molecule has 1 aromatic carbocycles. The molecular weight excluding hydrogens is 298 g/mol. The molecule has 0 aliphatic rings. The minimum atomic E-state index is -0.287. The van der Waals surface area contributed by atoms with Gasteiger partial charge in [0, 0.05) is 6.54 Å². The lowest BCUT2D eigenvalue weighted by molar-refractivity contribution is -0.119. The van der Waals surface area contributed by atoms with E-state index in [1.807, 2.05) is 0 Å². The van der Waals surface area contributed by atoms with E-state index in [2.05, 4.69) is 21.2 Å². The van der Waals surface area contributed by atoms with Gasteiger partial charge < -0.3 is 11.1 Å². The van der Waals surface area contributed by atoms with E-state index in [0.29, 0.717) is 17.4 Å². The van der Waals surface area contributed by atoms with Crippen molar-refractivity contribution in [3.8, 4) is 0 Å². The highest BCUT2D eigenvalue weighted by Gasteiger charge is 2.01. The van der Waals surface area contributed by atoms with Gasteiger partial charge in [0.05, 0.1) is 11.0 Å². The van der Waals surface area contributed by atoms with Gasteiger partial charge >= 0.3 is 0 Å². The van der Waals surface area contributed by atoms with Crippen LogP contribution in [0.2, 0.25) is 0 Å². The van der Waals surface area contributed by atoms with Gasteiger partial charge in [0.15, 0.2) is 0 Å². The third-order valence-electron chi connectivity index (χ3n) is 1.91. The fourth-order valence-corrected chi connectivity index (χ4v) is 1.54. The van der Waals surface area contributed by atoms with Crippen molar-refractivity contribution in [1.82, 2.24) is 5.32 Å². The molecule has 0 bridgehead atoms. The molecule has 0 spiro atoms. The van der Waals surface area contributed by atoms with Crippen LogP contribution in [0, 0.1) is 5.82 Å². The van der Waals surface area contributed by atoms with Crippen LogP contribution in [0.3, 0.4) is 0 Å². The lowest BCUT2D eigenvalue weighted by Gasteiger charge is -2.04. The zero-order valence-electron chi connectivity index (χ0n) is 8.50. The van der Waals surface area contributed by atoms with Crippen LogP contribution in [0.4, 0.5) is 4.39 Å². The maximum Gasteiger partial charge on any atom is 0.233 e. The van der Waals surface area contributed by atoms with E-state index >= 15 is 0 Å². The van der Waals surface area contributed by atoms with Gasteiger partial charge in [-0.2, -0.15) is 0 Å². The van der Waals surface area contributed by atoms with Gasteiger partial charge in [0.2, 0.25) is 5.91 Å². The van der Waals surface area contributed by atoms with E-state index in [0.717, 1.165) is 5.56 Å².